The van der Waals surface area contributed by atoms with Crippen LogP contribution in [0.25, 0.3) is 11.0 Å². The molecule has 1 N–H and O–H groups in total. The van der Waals surface area contributed by atoms with E-state index in [1.807, 2.05) is 49.6 Å². The largest absolute Gasteiger partial charge is 0.464 e. The van der Waals surface area contributed by atoms with E-state index in [0.29, 0.717) is 24.2 Å². The standard InChI is InChI=1S/C18H23N3O2.C9H7FO/c1-20-12-6-9-17(20)18(23)19-11-10-16(21(2)14-22)13-15-7-4-3-5-8-15;1-6-4-9-7(2-3-11-9)5-8(6)10/h3-9,12,14,16H,10-11,13H2,1-2H3,(H,19,23);2-5H,1H3/t16-;/m1./s1. The third kappa shape index (κ3) is 6.57. The Morgan fingerprint density at radius 3 is 2.62 bits per heavy atom. The van der Waals surface area contributed by atoms with E-state index in [-0.39, 0.29) is 17.8 Å². The molecule has 0 aliphatic carbocycles. The summed E-state index contributed by atoms with van der Waals surface area (Å²) in [4.78, 5) is 24.9. The SMILES string of the molecule is CN(C=O)[C@H](CCNC(=O)c1cccn1C)Cc1ccccc1.Cc1cc2occc2cc1F. The fraction of sp³-hybridized carbons (Fsp3) is 0.259. The van der Waals surface area contributed by atoms with Crippen molar-refractivity contribution in [2.75, 3.05) is 13.6 Å². The van der Waals surface area contributed by atoms with Gasteiger partial charge in [-0.25, -0.2) is 4.39 Å². The molecule has 4 rings (SSSR count). The van der Waals surface area contributed by atoms with Gasteiger partial charge in [-0.1, -0.05) is 30.3 Å². The molecule has 178 valence electrons. The highest BCUT2D eigenvalue weighted by molar-refractivity contribution is 5.92. The van der Waals surface area contributed by atoms with Gasteiger partial charge in [-0.05, 0) is 61.2 Å². The summed E-state index contributed by atoms with van der Waals surface area (Å²) in [7, 11) is 3.62. The van der Waals surface area contributed by atoms with Gasteiger partial charge < -0.3 is 19.2 Å². The lowest BCUT2D eigenvalue weighted by Gasteiger charge is -2.25. The van der Waals surface area contributed by atoms with Crippen LogP contribution in [-0.4, -0.2) is 41.4 Å². The number of hydrogen-bond donors (Lipinski definition) is 1. The highest BCUT2D eigenvalue weighted by Gasteiger charge is 2.15. The predicted molar refractivity (Wildman–Crippen MR) is 131 cm³/mol. The van der Waals surface area contributed by atoms with Crippen molar-refractivity contribution in [3.63, 3.8) is 0 Å². The highest BCUT2D eigenvalue weighted by Crippen LogP contribution is 2.19. The Kier molecular flexibility index (Phi) is 8.62. The molecular weight excluding hydrogens is 433 g/mol. The lowest BCUT2D eigenvalue weighted by Crippen LogP contribution is -2.36. The number of halogens is 1. The number of rotatable bonds is 8. The molecule has 2 aromatic carbocycles. The first-order chi connectivity index (χ1) is 16.4. The minimum absolute atomic E-state index is 0.0589. The van der Waals surface area contributed by atoms with Gasteiger partial charge in [0.05, 0.1) is 6.26 Å². The maximum atomic E-state index is 12.9. The molecule has 0 unspecified atom stereocenters. The summed E-state index contributed by atoms with van der Waals surface area (Å²) in [6.07, 6.45) is 5.72. The Morgan fingerprint density at radius 1 is 1.18 bits per heavy atom. The number of benzene rings is 2. The van der Waals surface area contributed by atoms with E-state index < -0.39 is 0 Å². The Bertz CT molecular complexity index is 1180. The number of furan rings is 1. The molecule has 34 heavy (non-hydrogen) atoms. The average Bonchev–Trinajstić information content (AvgIpc) is 3.47. The first-order valence-electron chi connectivity index (χ1n) is 11.1. The van der Waals surface area contributed by atoms with Gasteiger partial charge in [-0.15, -0.1) is 0 Å². The van der Waals surface area contributed by atoms with Crippen molar-refractivity contribution in [2.24, 2.45) is 7.05 Å². The summed E-state index contributed by atoms with van der Waals surface area (Å²) in [5.41, 5.74) is 3.17. The topological polar surface area (TPSA) is 67.5 Å². The Hall–Kier alpha value is -3.87. The number of nitrogens with zero attached hydrogens (tertiary/aromatic N) is 2. The smallest absolute Gasteiger partial charge is 0.267 e. The van der Waals surface area contributed by atoms with Gasteiger partial charge in [0, 0.05) is 38.3 Å². The molecule has 0 saturated carbocycles. The van der Waals surface area contributed by atoms with E-state index in [2.05, 4.69) is 5.32 Å². The third-order valence-electron chi connectivity index (χ3n) is 5.73. The van der Waals surface area contributed by atoms with Crippen LogP contribution in [0.15, 0.2) is 77.5 Å². The zero-order valence-corrected chi connectivity index (χ0v) is 19.7. The zero-order valence-electron chi connectivity index (χ0n) is 19.7. The molecule has 2 amide bonds. The van der Waals surface area contributed by atoms with Gasteiger partial charge >= 0.3 is 0 Å². The van der Waals surface area contributed by atoms with Crippen molar-refractivity contribution < 1.29 is 18.4 Å². The monoisotopic (exact) mass is 463 g/mol. The molecule has 7 heteroatoms. The quantitative estimate of drug-likeness (QED) is 0.384. The number of hydrogen-bond acceptors (Lipinski definition) is 3. The van der Waals surface area contributed by atoms with Gasteiger partial charge in [-0.3, -0.25) is 9.59 Å². The van der Waals surface area contributed by atoms with E-state index in [1.165, 1.54) is 11.6 Å². The van der Waals surface area contributed by atoms with E-state index in [1.54, 1.807) is 47.9 Å². The first kappa shape index (κ1) is 24.8. The van der Waals surface area contributed by atoms with Crippen LogP contribution in [0.3, 0.4) is 0 Å². The number of likely N-dealkylation sites (N-methyl/N-ethyl adjacent to an activating group) is 1. The molecule has 0 fully saturated rings. The maximum absolute atomic E-state index is 12.9. The number of nitrogens with one attached hydrogen (secondary N) is 1. The van der Waals surface area contributed by atoms with E-state index in [9.17, 15) is 14.0 Å². The molecule has 0 saturated heterocycles. The minimum Gasteiger partial charge on any atom is -0.464 e. The second-order valence-electron chi connectivity index (χ2n) is 8.22. The van der Waals surface area contributed by atoms with Crippen LogP contribution >= 0.6 is 0 Å². The number of carbonyl (C=O) groups is 2. The van der Waals surface area contributed by atoms with Gasteiger partial charge in [0.2, 0.25) is 6.41 Å². The molecule has 2 aromatic heterocycles. The second kappa shape index (κ2) is 11.8. The van der Waals surface area contributed by atoms with Gasteiger partial charge in [0.25, 0.3) is 5.91 Å². The second-order valence-corrected chi connectivity index (χ2v) is 8.22. The number of amides is 2. The number of carbonyl (C=O) groups excluding carboxylic acids is 2. The third-order valence-corrected chi connectivity index (χ3v) is 5.73. The van der Waals surface area contributed by atoms with Gasteiger partial charge in [0.15, 0.2) is 0 Å². The van der Waals surface area contributed by atoms with Crippen LogP contribution in [0.2, 0.25) is 0 Å². The lowest BCUT2D eigenvalue weighted by molar-refractivity contribution is -0.118. The average molecular weight is 464 g/mol. The van der Waals surface area contributed by atoms with Crippen molar-refractivity contribution in [3.8, 4) is 0 Å². The van der Waals surface area contributed by atoms with Crippen molar-refractivity contribution in [1.29, 1.82) is 0 Å². The van der Waals surface area contributed by atoms with Crippen molar-refractivity contribution in [1.82, 2.24) is 14.8 Å². The van der Waals surface area contributed by atoms with Crippen LogP contribution in [0.5, 0.6) is 0 Å². The predicted octanol–water partition coefficient (Wildman–Crippen LogP) is 4.72. The molecule has 1 atom stereocenters. The van der Waals surface area contributed by atoms with E-state index >= 15 is 0 Å². The fourth-order valence-corrected chi connectivity index (χ4v) is 3.65. The summed E-state index contributed by atoms with van der Waals surface area (Å²) in [5, 5.41) is 3.73. The van der Waals surface area contributed by atoms with Gasteiger partial charge in [0.1, 0.15) is 17.1 Å². The van der Waals surface area contributed by atoms with Gasteiger partial charge in [-0.2, -0.15) is 0 Å². The van der Waals surface area contributed by atoms with E-state index in [4.69, 9.17) is 4.42 Å². The lowest BCUT2D eigenvalue weighted by atomic mass is 10.0. The summed E-state index contributed by atoms with van der Waals surface area (Å²) in [6, 6.07) is 18.7. The Balaban J connectivity index is 0.000000243. The van der Waals surface area contributed by atoms with Crippen LogP contribution in [0, 0.1) is 12.7 Å². The molecule has 0 aliphatic rings. The normalized spacial score (nSPS) is 11.4. The van der Waals surface area contributed by atoms with Crippen LogP contribution in [-0.2, 0) is 18.3 Å². The number of fused-ring (bicyclic) bond motifs is 1. The zero-order chi connectivity index (χ0) is 24.5. The molecule has 6 nitrogen and oxygen atoms in total. The van der Waals surface area contributed by atoms with Crippen LogP contribution in [0.4, 0.5) is 4.39 Å². The fourth-order valence-electron chi connectivity index (χ4n) is 3.65. The molecule has 0 aliphatic heterocycles. The van der Waals surface area contributed by atoms with Crippen molar-refractivity contribution in [2.45, 2.75) is 25.8 Å². The maximum Gasteiger partial charge on any atom is 0.267 e. The summed E-state index contributed by atoms with van der Waals surface area (Å²) in [6.45, 7) is 2.25. The Labute approximate surface area is 199 Å². The molecule has 0 spiro atoms. The molecular formula is C27H30FN3O3. The Morgan fingerprint density at radius 2 is 1.94 bits per heavy atom. The van der Waals surface area contributed by atoms with Crippen molar-refractivity contribution in [3.05, 3.63) is 95.8 Å². The van der Waals surface area contributed by atoms with E-state index in [0.717, 1.165) is 23.8 Å². The summed E-state index contributed by atoms with van der Waals surface area (Å²) < 4.78 is 19.8. The number of aromatic nitrogens is 1. The molecule has 0 radical (unpaired) electrons. The highest BCUT2D eigenvalue weighted by atomic mass is 19.1. The summed E-state index contributed by atoms with van der Waals surface area (Å²) in [5.74, 6) is -0.274. The first-order valence-corrected chi connectivity index (χ1v) is 11.1. The minimum atomic E-state index is -0.182. The van der Waals surface area contributed by atoms with Crippen LogP contribution in [0.1, 0.15) is 28.0 Å². The van der Waals surface area contributed by atoms with Crippen LogP contribution < -0.4 is 5.32 Å². The molecule has 4 aromatic rings. The van der Waals surface area contributed by atoms with Crippen molar-refractivity contribution >= 4 is 23.3 Å². The molecule has 2 heterocycles. The summed E-state index contributed by atoms with van der Waals surface area (Å²) >= 11 is 0. The molecule has 0 bridgehead atoms. The number of aryl methyl sites for hydroxylation is 2.